The Bertz CT molecular complexity index is 1420. The van der Waals surface area contributed by atoms with Crippen molar-refractivity contribution in [2.45, 2.75) is 43.8 Å². The summed E-state index contributed by atoms with van der Waals surface area (Å²) in [5, 5.41) is 2.00. The summed E-state index contributed by atoms with van der Waals surface area (Å²) in [5.74, 6) is -0.889. The SMILES string of the molecule is Cn1c(=O)n(C2CCC(=O)NC2=O)c2cccc(N3CCC(c4ccc(Cl)c(C(F)(F)F)c4)CC3)c21. The third-order valence-electron chi connectivity index (χ3n) is 7.21. The molecule has 190 valence electrons. The highest BCUT2D eigenvalue weighted by Crippen LogP contribution is 2.39. The minimum absolute atomic E-state index is 0.0456. The second-order valence-electron chi connectivity index (χ2n) is 9.32. The highest BCUT2D eigenvalue weighted by atomic mass is 35.5. The first-order valence-corrected chi connectivity index (χ1v) is 12.1. The number of imidazole rings is 1. The molecule has 0 spiro atoms. The number of benzene rings is 2. The topological polar surface area (TPSA) is 76.3 Å². The van der Waals surface area contributed by atoms with Gasteiger partial charge in [0, 0.05) is 26.6 Å². The predicted octanol–water partition coefficient (Wildman–Crippen LogP) is 4.37. The predicted molar refractivity (Wildman–Crippen MR) is 129 cm³/mol. The van der Waals surface area contributed by atoms with Gasteiger partial charge in [0.15, 0.2) is 0 Å². The van der Waals surface area contributed by atoms with Crippen LogP contribution in [0.15, 0.2) is 41.2 Å². The number of amides is 2. The Balaban J connectivity index is 1.43. The summed E-state index contributed by atoms with van der Waals surface area (Å²) in [6.07, 6.45) is -2.83. The van der Waals surface area contributed by atoms with Crippen molar-refractivity contribution in [1.29, 1.82) is 0 Å². The Morgan fingerprint density at radius 1 is 1.03 bits per heavy atom. The van der Waals surface area contributed by atoms with Gasteiger partial charge in [0.05, 0.1) is 27.3 Å². The summed E-state index contributed by atoms with van der Waals surface area (Å²) in [7, 11) is 1.65. The molecule has 5 rings (SSSR count). The number of anilines is 1. The van der Waals surface area contributed by atoms with Crippen LogP contribution < -0.4 is 15.9 Å². The molecule has 1 unspecified atom stereocenters. The van der Waals surface area contributed by atoms with Crippen LogP contribution in [0.25, 0.3) is 11.0 Å². The molecule has 1 N–H and O–H groups in total. The number of halogens is 4. The molecule has 2 aliphatic rings. The minimum atomic E-state index is -4.51. The van der Waals surface area contributed by atoms with Gasteiger partial charge in [0.25, 0.3) is 0 Å². The maximum Gasteiger partial charge on any atom is 0.417 e. The average molecular weight is 521 g/mol. The molecule has 2 aromatic carbocycles. The lowest BCUT2D eigenvalue weighted by Gasteiger charge is -2.34. The molecule has 2 saturated heterocycles. The van der Waals surface area contributed by atoms with Gasteiger partial charge in [-0.25, -0.2) is 4.79 Å². The normalized spacial score (nSPS) is 19.7. The third kappa shape index (κ3) is 4.17. The van der Waals surface area contributed by atoms with Crippen molar-refractivity contribution in [3.63, 3.8) is 0 Å². The van der Waals surface area contributed by atoms with Crippen LogP contribution in [0.5, 0.6) is 0 Å². The van der Waals surface area contributed by atoms with E-state index in [4.69, 9.17) is 11.6 Å². The van der Waals surface area contributed by atoms with Gasteiger partial charge in [-0.05, 0) is 55.0 Å². The van der Waals surface area contributed by atoms with Gasteiger partial charge in [-0.1, -0.05) is 23.7 Å². The molecule has 3 heterocycles. The highest BCUT2D eigenvalue weighted by Gasteiger charge is 2.35. The average Bonchev–Trinajstić information content (AvgIpc) is 3.09. The summed E-state index contributed by atoms with van der Waals surface area (Å²) in [6, 6.07) is 8.84. The Morgan fingerprint density at radius 3 is 2.42 bits per heavy atom. The number of fused-ring (bicyclic) bond motifs is 1. The number of rotatable bonds is 3. The van der Waals surface area contributed by atoms with Gasteiger partial charge in [0.2, 0.25) is 11.8 Å². The molecule has 0 aliphatic carbocycles. The van der Waals surface area contributed by atoms with Crippen LogP contribution in [0.2, 0.25) is 5.02 Å². The first-order valence-electron chi connectivity index (χ1n) is 11.7. The lowest BCUT2D eigenvalue weighted by atomic mass is 9.88. The lowest BCUT2D eigenvalue weighted by Crippen LogP contribution is -2.44. The molecule has 0 bridgehead atoms. The maximum absolute atomic E-state index is 13.3. The summed E-state index contributed by atoms with van der Waals surface area (Å²) in [4.78, 5) is 39.4. The van der Waals surface area contributed by atoms with Crippen molar-refractivity contribution in [3.05, 3.63) is 63.0 Å². The van der Waals surface area contributed by atoms with Gasteiger partial charge >= 0.3 is 11.9 Å². The van der Waals surface area contributed by atoms with Crippen LogP contribution in [0.1, 0.15) is 48.8 Å². The van der Waals surface area contributed by atoms with E-state index < -0.39 is 23.7 Å². The van der Waals surface area contributed by atoms with E-state index in [0.29, 0.717) is 42.5 Å². The van der Waals surface area contributed by atoms with E-state index in [9.17, 15) is 27.6 Å². The number of nitrogens with one attached hydrogen (secondary N) is 1. The monoisotopic (exact) mass is 520 g/mol. The van der Waals surface area contributed by atoms with Gasteiger partial charge in [-0.15, -0.1) is 0 Å². The second kappa shape index (κ2) is 8.99. The number of aryl methyl sites for hydroxylation is 1. The minimum Gasteiger partial charge on any atom is -0.370 e. The van der Waals surface area contributed by atoms with Crippen molar-refractivity contribution in [2.75, 3.05) is 18.0 Å². The first-order chi connectivity index (χ1) is 17.1. The Labute approximate surface area is 209 Å². The van der Waals surface area contributed by atoms with E-state index in [1.807, 2.05) is 12.1 Å². The van der Waals surface area contributed by atoms with Crippen LogP contribution >= 0.6 is 11.6 Å². The van der Waals surface area contributed by atoms with E-state index in [1.54, 1.807) is 19.2 Å². The molecule has 0 radical (unpaired) electrons. The summed E-state index contributed by atoms with van der Waals surface area (Å²) in [6.45, 7) is 1.18. The quantitative estimate of drug-likeness (QED) is 0.520. The van der Waals surface area contributed by atoms with Crippen LogP contribution in [-0.2, 0) is 22.8 Å². The number of alkyl halides is 3. The second-order valence-corrected chi connectivity index (χ2v) is 9.73. The van der Waals surface area contributed by atoms with Crippen molar-refractivity contribution in [2.24, 2.45) is 7.05 Å². The Kier molecular flexibility index (Phi) is 6.10. The molecule has 2 amide bonds. The number of hydrogen-bond donors (Lipinski definition) is 1. The van der Waals surface area contributed by atoms with Gasteiger partial charge in [0.1, 0.15) is 6.04 Å². The number of piperidine rings is 2. The van der Waals surface area contributed by atoms with E-state index in [0.717, 1.165) is 11.8 Å². The van der Waals surface area contributed by atoms with Crippen molar-refractivity contribution in [3.8, 4) is 0 Å². The molecule has 3 aromatic rings. The number of hydrogen-bond acceptors (Lipinski definition) is 4. The van der Waals surface area contributed by atoms with Crippen LogP contribution in [0.4, 0.5) is 18.9 Å². The standard InChI is InChI=1S/C25H24ClF3N4O3/c1-31-22-18(3-2-4-19(22)33(24(31)36)20-7-8-21(34)30-23(20)35)32-11-9-14(10-12-32)15-5-6-17(26)16(13-15)25(27,28)29/h2-6,13-14,20H,7-12H2,1H3,(H,30,34,35). The molecule has 11 heteroatoms. The van der Waals surface area contributed by atoms with E-state index >= 15 is 0 Å². The Hall–Kier alpha value is -3.27. The summed E-state index contributed by atoms with van der Waals surface area (Å²) < 4.78 is 42.9. The fourth-order valence-electron chi connectivity index (χ4n) is 5.37. The first kappa shape index (κ1) is 24.4. The zero-order valence-corrected chi connectivity index (χ0v) is 20.2. The van der Waals surface area contributed by atoms with E-state index in [-0.39, 0.29) is 35.4 Å². The smallest absolute Gasteiger partial charge is 0.370 e. The summed E-state index contributed by atoms with van der Waals surface area (Å²) >= 11 is 5.78. The molecule has 0 saturated carbocycles. The molecular formula is C25H24ClF3N4O3. The van der Waals surface area contributed by atoms with Crippen LogP contribution in [-0.4, -0.2) is 34.0 Å². The number of nitrogens with zero attached hydrogens (tertiary/aromatic N) is 3. The zero-order valence-electron chi connectivity index (χ0n) is 19.4. The van der Waals surface area contributed by atoms with E-state index in [2.05, 4.69) is 10.2 Å². The molecule has 36 heavy (non-hydrogen) atoms. The molecular weight excluding hydrogens is 497 g/mol. The molecule has 2 fully saturated rings. The van der Waals surface area contributed by atoms with Gasteiger partial charge in [-0.2, -0.15) is 13.2 Å². The molecule has 7 nitrogen and oxygen atoms in total. The van der Waals surface area contributed by atoms with Gasteiger partial charge in [-0.3, -0.25) is 24.0 Å². The number of aromatic nitrogens is 2. The van der Waals surface area contributed by atoms with Crippen LogP contribution in [0.3, 0.4) is 0 Å². The molecule has 1 atom stereocenters. The number of carbonyl (C=O) groups excluding carboxylic acids is 2. The maximum atomic E-state index is 13.3. The van der Waals surface area contributed by atoms with Crippen molar-refractivity contribution < 1.29 is 22.8 Å². The fraction of sp³-hybridized carbons (Fsp3) is 0.400. The fourth-order valence-corrected chi connectivity index (χ4v) is 5.60. The van der Waals surface area contributed by atoms with Crippen LogP contribution in [0, 0.1) is 0 Å². The van der Waals surface area contributed by atoms with Crippen molar-refractivity contribution in [1.82, 2.24) is 14.5 Å². The highest BCUT2D eigenvalue weighted by molar-refractivity contribution is 6.31. The van der Waals surface area contributed by atoms with Crippen molar-refractivity contribution >= 4 is 40.1 Å². The third-order valence-corrected chi connectivity index (χ3v) is 7.54. The Morgan fingerprint density at radius 2 is 1.75 bits per heavy atom. The molecule has 2 aliphatic heterocycles. The lowest BCUT2D eigenvalue weighted by molar-refractivity contribution is -0.138. The number of carbonyl (C=O) groups is 2. The zero-order chi connectivity index (χ0) is 25.8. The summed E-state index contributed by atoms with van der Waals surface area (Å²) in [5.41, 5.74) is 1.55. The number of para-hydroxylation sites is 1. The number of imide groups is 1. The molecule has 1 aromatic heterocycles. The van der Waals surface area contributed by atoms with E-state index in [1.165, 1.54) is 15.2 Å². The van der Waals surface area contributed by atoms with Gasteiger partial charge < -0.3 is 4.90 Å². The largest absolute Gasteiger partial charge is 0.417 e.